The van der Waals surface area contributed by atoms with Crippen molar-refractivity contribution in [3.8, 4) is 16.5 Å². The molecule has 21 heavy (non-hydrogen) atoms. The maximum absolute atomic E-state index is 6.34. The number of rotatable bonds is 3. The van der Waals surface area contributed by atoms with Crippen molar-refractivity contribution in [1.82, 2.24) is 9.97 Å². The third-order valence-electron chi connectivity index (χ3n) is 3.15. The molecule has 0 amide bonds. The zero-order valence-corrected chi connectivity index (χ0v) is 14.6. The van der Waals surface area contributed by atoms with Gasteiger partial charge < -0.3 is 4.74 Å². The summed E-state index contributed by atoms with van der Waals surface area (Å²) in [6.07, 6.45) is 1.01. The minimum Gasteiger partial charge on any atom is -0.497 e. The van der Waals surface area contributed by atoms with E-state index in [1.165, 1.54) is 4.88 Å². The molecule has 3 aromatic rings. The molecule has 0 aliphatic carbocycles. The SMILES string of the molecule is CCc1ccc(-c2nc(Cl)c3c(Br)cc(OC)cc3n2)s1. The Morgan fingerprint density at radius 2 is 2.10 bits per heavy atom. The molecule has 0 saturated heterocycles. The molecule has 2 aromatic heterocycles. The minimum absolute atomic E-state index is 0.441. The average Bonchev–Trinajstić information content (AvgIpc) is 2.95. The van der Waals surface area contributed by atoms with E-state index in [4.69, 9.17) is 16.3 Å². The summed E-state index contributed by atoms with van der Waals surface area (Å²) in [5.41, 5.74) is 0.766. The van der Waals surface area contributed by atoms with Crippen molar-refractivity contribution < 1.29 is 4.74 Å². The molecule has 0 N–H and O–H groups in total. The van der Waals surface area contributed by atoms with Gasteiger partial charge in [0.05, 0.1) is 22.9 Å². The average molecular weight is 384 g/mol. The van der Waals surface area contributed by atoms with Gasteiger partial charge in [-0.05, 0) is 40.5 Å². The summed E-state index contributed by atoms with van der Waals surface area (Å²) in [4.78, 5) is 11.4. The van der Waals surface area contributed by atoms with Gasteiger partial charge in [-0.2, -0.15) is 0 Å². The lowest BCUT2D eigenvalue weighted by Gasteiger charge is -2.07. The molecule has 0 fully saturated rings. The van der Waals surface area contributed by atoms with Gasteiger partial charge in [0.2, 0.25) is 0 Å². The van der Waals surface area contributed by atoms with E-state index in [2.05, 4.69) is 38.9 Å². The molecule has 1 aromatic carbocycles. The van der Waals surface area contributed by atoms with E-state index in [1.54, 1.807) is 18.4 Å². The summed E-state index contributed by atoms with van der Waals surface area (Å²) >= 11 is 11.5. The summed E-state index contributed by atoms with van der Waals surface area (Å²) in [6.45, 7) is 2.13. The van der Waals surface area contributed by atoms with Gasteiger partial charge >= 0.3 is 0 Å². The maximum atomic E-state index is 6.34. The van der Waals surface area contributed by atoms with E-state index in [-0.39, 0.29) is 0 Å². The predicted molar refractivity (Wildman–Crippen MR) is 91.5 cm³/mol. The Labute approximate surface area is 140 Å². The number of hydrogen-bond acceptors (Lipinski definition) is 4. The van der Waals surface area contributed by atoms with Crippen molar-refractivity contribution in [2.45, 2.75) is 13.3 Å². The first-order valence-corrected chi connectivity index (χ1v) is 8.41. The molecule has 2 heterocycles. The van der Waals surface area contributed by atoms with Gasteiger partial charge in [0.15, 0.2) is 5.82 Å². The lowest BCUT2D eigenvalue weighted by atomic mass is 10.2. The van der Waals surface area contributed by atoms with E-state index in [9.17, 15) is 0 Å². The number of nitrogens with zero attached hydrogens (tertiary/aromatic N) is 2. The van der Waals surface area contributed by atoms with Crippen LogP contribution >= 0.6 is 38.9 Å². The van der Waals surface area contributed by atoms with E-state index < -0.39 is 0 Å². The zero-order chi connectivity index (χ0) is 15.0. The molecule has 0 unspecified atom stereocenters. The van der Waals surface area contributed by atoms with Gasteiger partial charge in [0, 0.05) is 15.4 Å². The number of methoxy groups -OCH3 is 1. The van der Waals surface area contributed by atoms with Crippen LogP contribution in [0.25, 0.3) is 21.6 Å². The number of fused-ring (bicyclic) bond motifs is 1. The van der Waals surface area contributed by atoms with E-state index in [1.807, 2.05) is 18.2 Å². The number of benzene rings is 1. The van der Waals surface area contributed by atoms with Crippen molar-refractivity contribution in [3.05, 3.63) is 38.8 Å². The second-order valence-electron chi connectivity index (χ2n) is 4.46. The van der Waals surface area contributed by atoms with E-state index in [0.29, 0.717) is 11.0 Å². The molecule has 0 aliphatic rings. The second kappa shape index (κ2) is 5.91. The highest BCUT2D eigenvalue weighted by Gasteiger charge is 2.13. The van der Waals surface area contributed by atoms with Crippen molar-refractivity contribution in [3.63, 3.8) is 0 Å². The lowest BCUT2D eigenvalue weighted by Crippen LogP contribution is -1.92. The Bertz CT molecular complexity index is 819. The summed E-state index contributed by atoms with van der Waals surface area (Å²) in [5, 5.41) is 1.24. The normalized spacial score (nSPS) is 11.0. The number of ether oxygens (including phenoxy) is 1. The molecule has 0 aliphatic heterocycles. The van der Waals surface area contributed by atoms with Crippen LogP contribution < -0.4 is 4.74 Å². The number of thiophene rings is 1. The van der Waals surface area contributed by atoms with Gasteiger partial charge in [-0.3, -0.25) is 0 Å². The van der Waals surface area contributed by atoms with E-state index in [0.717, 1.165) is 32.4 Å². The van der Waals surface area contributed by atoms with Gasteiger partial charge in [-0.15, -0.1) is 11.3 Å². The molecule has 0 bridgehead atoms. The van der Waals surface area contributed by atoms with Crippen molar-refractivity contribution in [2.24, 2.45) is 0 Å². The predicted octanol–water partition coefficient (Wildman–Crippen LogP) is 5.35. The quantitative estimate of drug-likeness (QED) is 0.572. The molecular formula is C15H12BrClN2OS. The molecule has 0 atom stereocenters. The number of aryl methyl sites for hydroxylation is 1. The topological polar surface area (TPSA) is 35.0 Å². The second-order valence-corrected chi connectivity index (χ2v) is 6.84. The third-order valence-corrected chi connectivity index (χ3v) is 5.27. The van der Waals surface area contributed by atoms with Gasteiger partial charge in [0.25, 0.3) is 0 Å². The maximum Gasteiger partial charge on any atom is 0.171 e. The lowest BCUT2D eigenvalue weighted by molar-refractivity contribution is 0.415. The van der Waals surface area contributed by atoms with Crippen LogP contribution in [0.3, 0.4) is 0 Å². The van der Waals surface area contributed by atoms with Gasteiger partial charge in [-0.25, -0.2) is 9.97 Å². The Balaban J connectivity index is 2.21. The fourth-order valence-corrected chi connectivity index (χ4v) is 3.96. The Morgan fingerprint density at radius 3 is 2.76 bits per heavy atom. The number of aromatic nitrogens is 2. The summed E-state index contributed by atoms with van der Waals surface area (Å²) < 4.78 is 6.11. The van der Waals surface area contributed by atoms with Crippen LogP contribution in [-0.4, -0.2) is 17.1 Å². The van der Waals surface area contributed by atoms with Crippen LogP contribution in [0.15, 0.2) is 28.7 Å². The third kappa shape index (κ3) is 2.78. The van der Waals surface area contributed by atoms with Crippen LogP contribution in [0.4, 0.5) is 0 Å². The first-order valence-electron chi connectivity index (χ1n) is 6.42. The molecule has 3 nitrogen and oxygen atoms in total. The summed E-state index contributed by atoms with van der Waals surface area (Å²) in [5.74, 6) is 1.38. The molecule has 0 spiro atoms. The van der Waals surface area contributed by atoms with Crippen molar-refractivity contribution in [1.29, 1.82) is 0 Å². The van der Waals surface area contributed by atoms with Gasteiger partial charge in [0.1, 0.15) is 10.9 Å². The molecule has 6 heteroatoms. The number of halogens is 2. The number of hydrogen-bond donors (Lipinski definition) is 0. The monoisotopic (exact) mass is 382 g/mol. The largest absolute Gasteiger partial charge is 0.497 e. The van der Waals surface area contributed by atoms with Crippen LogP contribution in [0, 0.1) is 0 Å². The van der Waals surface area contributed by atoms with Crippen molar-refractivity contribution in [2.75, 3.05) is 7.11 Å². The fraction of sp³-hybridized carbons (Fsp3) is 0.200. The highest BCUT2D eigenvalue weighted by Crippen LogP contribution is 2.35. The molecule has 0 saturated carbocycles. The molecule has 108 valence electrons. The fourth-order valence-electron chi connectivity index (χ4n) is 2.06. The standard InChI is InChI=1S/C15H12BrClN2OS/c1-3-9-4-5-12(21-9)15-18-11-7-8(20-2)6-10(16)13(11)14(17)19-15/h4-7H,3H2,1-2H3. The first-order chi connectivity index (χ1) is 10.1. The smallest absolute Gasteiger partial charge is 0.171 e. The molecule has 3 rings (SSSR count). The van der Waals surface area contributed by atoms with Crippen molar-refractivity contribution >= 4 is 49.8 Å². The highest BCUT2D eigenvalue weighted by atomic mass is 79.9. The van der Waals surface area contributed by atoms with E-state index >= 15 is 0 Å². The van der Waals surface area contributed by atoms with Crippen LogP contribution in [-0.2, 0) is 6.42 Å². The Morgan fingerprint density at radius 1 is 1.29 bits per heavy atom. The van der Waals surface area contributed by atoms with Crippen LogP contribution in [0.2, 0.25) is 5.15 Å². The minimum atomic E-state index is 0.441. The highest BCUT2D eigenvalue weighted by molar-refractivity contribution is 9.10. The Hall–Kier alpha value is -1.17. The van der Waals surface area contributed by atoms with Crippen LogP contribution in [0.5, 0.6) is 5.75 Å². The van der Waals surface area contributed by atoms with Gasteiger partial charge in [-0.1, -0.05) is 18.5 Å². The van der Waals surface area contributed by atoms with Crippen LogP contribution in [0.1, 0.15) is 11.8 Å². The summed E-state index contributed by atoms with van der Waals surface area (Å²) in [7, 11) is 1.63. The summed E-state index contributed by atoms with van der Waals surface area (Å²) in [6, 6.07) is 7.86. The Kier molecular flexibility index (Phi) is 4.15. The first kappa shape index (κ1) is 14.8. The zero-order valence-electron chi connectivity index (χ0n) is 11.5. The molecular weight excluding hydrogens is 372 g/mol. The molecule has 0 radical (unpaired) electrons.